The van der Waals surface area contributed by atoms with Gasteiger partial charge in [-0.05, 0) is 38.8 Å². The summed E-state index contributed by atoms with van der Waals surface area (Å²) in [4.78, 5) is 0. The summed E-state index contributed by atoms with van der Waals surface area (Å²) in [5.74, 6) is -0.480. The van der Waals surface area contributed by atoms with Gasteiger partial charge in [0.25, 0.3) is 0 Å². The molecule has 2 nitrogen and oxygen atoms in total. The Morgan fingerprint density at radius 2 is 1.76 bits per heavy atom. The van der Waals surface area contributed by atoms with E-state index in [0.29, 0.717) is 5.92 Å². The molecule has 1 unspecified atom stereocenters. The Balaban J connectivity index is 1.99. The first-order valence-corrected chi connectivity index (χ1v) is 5.98. The molecule has 4 heteroatoms. The number of hydrogen-bond acceptors (Lipinski definition) is 2. The van der Waals surface area contributed by atoms with Crippen LogP contribution in [-0.4, -0.2) is 19.2 Å². The van der Waals surface area contributed by atoms with E-state index in [9.17, 15) is 8.78 Å². The van der Waals surface area contributed by atoms with Gasteiger partial charge in [0.15, 0.2) is 0 Å². The minimum atomic E-state index is -0.600. The van der Waals surface area contributed by atoms with Crippen LogP contribution in [0.4, 0.5) is 8.78 Å². The lowest BCUT2D eigenvalue weighted by molar-refractivity contribution is 0.127. The fraction of sp³-hybridized carbons (Fsp3) is 0.538. The van der Waals surface area contributed by atoms with Crippen LogP contribution >= 0.6 is 0 Å². The van der Waals surface area contributed by atoms with Gasteiger partial charge in [0.2, 0.25) is 0 Å². The van der Waals surface area contributed by atoms with Gasteiger partial charge in [0.1, 0.15) is 17.4 Å². The smallest absolute Gasteiger partial charge is 0.129 e. The summed E-state index contributed by atoms with van der Waals surface area (Å²) in [7, 11) is 0. The third kappa shape index (κ3) is 3.40. The molecule has 1 fully saturated rings. The maximum Gasteiger partial charge on any atom is 0.129 e. The zero-order valence-electron chi connectivity index (χ0n) is 9.88. The van der Waals surface area contributed by atoms with E-state index in [2.05, 4.69) is 5.32 Å². The number of benzene rings is 1. The summed E-state index contributed by atoms with van der Waals surface area (Å²) in [6.45, 7) is 3.92. The molecule has 0 aliphatic carbocycles. The van der Waals surface area contributed by atoms with Crippen molar-refractivity contribution in [3.05, 3.63) is 29.8 Å². The molecule has 1 N–H and O–H groups in total. The van der Waals surface area contributed by atoms with Crippen molar-refractivity contribution in [2.24, 2.45) is 5.92 Å². The van der Waals surface area contributed by atoms with Gasteiger partial charge in [-0.1, -0.05) is 0 Å². The second kappa shape index (κ2) is 5.45. The van der Waals surface area contributed by atoms with Crippen molar-refractivity contribution in [2.75, 3.05) is 13.1 Å². The molecule has 2 rings (SSSR count). The minimum Gasteiger partial charge on any atom is -0.490 e. The first-order chi connectivity index (χ1) is 8.15. The Kier molecular flexibility index (Phi) is 3.94. The molecule has 17 heavy (non-hydrogen) atoms. The van der Waals surface area contributed by atoms with Gasteiger partial charge in [-0.2, -0.15) is 0 Å². The van der Waals surface area contributed by atoms with E-state index in [-0.39, 0.29) is 11.9 Å². The molecule has 1 saturated heterocycles. The summed E-state index contributed by atoms with van der Waals surface area (Å²) < 4.78 is 31.6. The molecule has 0 radical (unpaired) electrons. The molecule has 0 amide bonds. The lowest BCUT2D eigenvalue weighted by Gasteiger charge is -2.28. The van der Waals surface area contributed by atoms with Gasteiger partial charge in [0.05, 0.1) is 6.10 Å². The van der Waals surface area contributed by atoms with E-state index in [1.165, 1.54) is 12.1 Å². The molecule has 0 bridgehead atoms. The maximum atomic E-state index is 13.0. The highest BCUT2D eigenvalue weighted by Gasteiger charge is 2.21. The van der Waals surface area contributed by atoms with Crippen LogP contribution in [0.15, 0.2) is 18.2 Å². The highest BCUT2D eigenvalue weighted by Crippen LogP contribution is 2.23. The monoisotopic (exact) mass is 241 g/mol. The minimum absolute atomic E-state index is 0.0155. The van der Waals surface area contributed by atoms with Crippen molar-refractivity contribution >= 4 is 0 Å². The van der Waals surface area contributed by atoms with Crippen LogP contribution in [-0.2, 0) is 0 Å². The fourth-order valence-corrected chi connectivity index (χ4v) is 2.22. The van der Waals surface area contributed by atoms with Crippen LogP contribution < -0.4 is 10.1 Å². The maximum absolute atomic E-state index is 13.0. The van der Waals surface area contributed by atoms with Crippen LogP contribution in [0.1, 0.15) is 19.8 Å². The highest BCUT2D eigenvalue weighted by molar-refractivity contribution is 5.24. The third-order valence-corrected chi connectivity index (χ3v) is 3.21. The van der Waals surface area contributed by atoms with Crippen molar-refractivity contribution in [1.82, 2.24) is 5.32 Å². The number of rotatable bonds is 3. The Bertz CT molecular complexity index is 357. The SMILES string of the molecule is CC(Oc1cc(F)cc(F)c1)C1CCNCC1. The van der Waals surface area contributed by atoms with Crippen molar-refractivity contribution in [2.45, 2.75) is 25.9 Å². The molecule has 1 aromatic rings. The summed E-state index contributed by atoms with van der Waals surface area (Å²) in [6, 6.07) is 3.30. The fourth-order valence-electron chi connectivity index (χ4n) is 2.22. The highest BCUT2D eigenvalue weighted by atomic mass is 19.1. The van der Waals surface area contributed by atoms with Crippen LogP contribution in [0, 0.1) is 17.6 Å². The predicted octanol–water partition coefficient (Wildman–Crippen LogP) is 2.73. The molecular formula is C13H17F2NO. The summed E-state index contributed by atoms with van der Waals surface area (Å²) in [5, 5.41) is 3.28. The van der Waals surface area contributed by atoms with Crippen molar-refractivity contribution in [1.29, 1.82) is 0 Å². The van der Waals surface area contributed by atoms with E-state index in [4.69, 9.17) is 4.74 Å². The predicted molar refractivity (Wildman–Crippen MR) is 62.0 cm³/mol. The first-order valence-electron chi connectivity index (χ1n) is 5.98. The molecule has 0 saturated carbocycles. The van der Waals surface area contributed by atoms with Gasteiger partial charge in [-0.3, -0.25) is 0 Å². The third-order valence-electron chi connectivity index (χ3n) is 3.21. The van der Waals surface area contributed by atoms with Crippen molar-refractivity contribution in [3.8, 4) is 5.75 Å². The molecule has 1 aliphatic rings. The molecule has 1 atom stereocenters. The van der Waals surface area contributed by atoms with Gasteiger partial charge in [-0.25, -0.2) is 8.78 Å². The van der Waals surface area contributed by atoms with Gasteiger partial charge in [0, 0.05) is 18.2 Å². The summed E-state index contributed by atoms with van der Waals surface area (Å²) in [6.07, 6.45) is 2.07. The van der Waals surface area contributed by atoms with Crippen molar-refractivity contribution in [3.63, 3.8) is 0 Å². The Morgan fingerprint density at radius 3 is 2.35 bits per heavy atom. The Morgan fingerprint density at radius 1 is 1.18 bits per heavy atom. The zero-order chi connectivity index (χ0) is 12.3. The van der Waals surface area contributed by atoms with E-state index in [0.717, 1.165) is 32.0 Å². The Labute approximate surface area is 100.0 Å². The van der Waals surface area contributed by atoms with Gasteiger partial charge in [-0.15, -0.1) is 0 Å². The topological polar surface area (TPSA) is 21.3 Å². The first kappa shape index (κ1) is 12.3. The van der Waals surface area contributed by atoms with Crippen LogP contribution in [0.5, 0.6) is 5.75 Å². The van der Waals surface area contributed by atoms with Gasteiger partial charge >= 0.3 is 0 Å². The molecule has 1 aromatic carbocycles. The van der Waals surface area contributed by atoms with Crippen LogP contribution in [0.2, 0.25) is 0 Å². The standard InChI is InChI=1S/C13H17F2NO/c1-9(10-2-4-16-5-3-10)17-13-7-11(14)6-12(15)8-13/h6-10,16H,2-5H2,1H3. The lowest BCUT2D eigenvalue weighted by atomic mass is 9.93. The molecule has 94 valence electrons. The van der Waals surface area contributed by atoms with E-state index < -0.39 is 11.6 Å². The number of hydrogen-bond donors (Lipinski definition) is 1. The summed E-state index contributed by atoms with van der Waals surface area (Å²) in [5.41, 5.74) is 0. The lowest BCUT2D eigenvalue weighted by Crippen LogP contribution is -2.35. The number of ether oxygens (including phenoxy) is 1. The molecule has 0 aromatic heterocycles. The molecule has 1 aliphatic heterocycles. The van der Waals surface area contributed by atoms with E-state index in [1.54, 1.807) is 0 Å². The normalized spacial score (nSPS) is 19.0. The van der Waals surface area contributed by atoms with E-state index in [1.807, 2.05) is 6.92 Å². The largest absolute Gasteiger partial charge is 0.490 e. The summed E-state index contributed by atoms with van der Waals surface area (Å²) >= 11 is 0. The molecule has 1 heterocycles. The second-order valence-corrected chi connectivity index (χ2v) is 4.52. The van der Waals surface area contributed by atoms with Crippen LogP contribution in [0.25, 0.3) is 0 Å². The average molecular weight is 241 g/mol. The zero-order valence-corrected chi connectivity index (χ0v) is 9.88. The quantitative estimate of drug-likeness (QED) is 0.878. The average Bonchev–Trinajstić information content (AvgIpc) is 2.28. The van der Waals surface area contributed by atoms with Gasteiger partial charge < -0.3 is 10.1 Å². The second-order valence-electron chi connectivity index (χ2n) is 4.52. The van der Waals surface area contributed by atoms with E-state index >= 15 is 0 Å². The Hall–Kier alpha value is -1.16. The van der Waals surface area contributed by atoms with Crippen molar-refractivity contribution < 1.29 is 13.5 Å². The molecule has 0 spiro atoms. The number of nitrogens with one attached hydrogen (secondary N) is 1. The number of piperidine rings is 1. The number of halogens is 2. The molecular weight excluding hydrogens is 224 g/mol. The van der Waals surface area contributed by atoms with Crippen LogP contribution in [0.3, 0.4) is 0 Å².